The minimum absolute atomic E-state index is 0.108. The fraction of sp³-hybridized carbons (Fsp3) is 1.00. The summed E-state index contributed by atoms with van der Waals surface area (Å²) < 4.78 is 64.2. The summed E-state index contributed by atoms with van der Waals surface area (Å²) in [5.41, 5.74) is 0. The topological polar surface area (TPSA) is 6.48 Å². The van der Waals surface area contributed by atoms with E-state index in [-0.39, 0.29) is 5.92 Å². The van der Waals surface area contributed by atoms with Crippen molar-refractivity contribution in [2.45, 2.75) is 44.6 Å². The fourth-order valence-electron chi connectivity index (χ4n) is 2.08. The first-order valence-electron chi connectivity index (χ1n) is 9.82. The Bertz CT molecular complexity index is 364. The Balaban J connectivity index is 1.91. The highest BCUT2D eigenvalue weighted by Crippen LogP contribution is 2.39. The maximum absolute atomic E-state index is 8.16. The molecule has 80 valence electrons. The Morgan fingerprint density at radius 2 is 1.29 bits per heavy atom. The maximum atomic E-state index is 8.16. The van der Waals surface area contributed by atoms with E-state index in [1.165, 1.54) is 9.80 Å². The maximum Gasteiger partial charge on any atom is 0.0651 e. The van der Waals surface area contributed by atoms with E-state index in [1.807, 2.05) is 0 Å². The highest BCUT2D eigenvalue weighted by atomic mass is 15.4. The highest BCUT2D eigenvalue weighted by molar-refractivity contribution is 4.91. The van der Waals surface area contributed by atoms with Crippen LogP contribution in [-0.2, 0) is 0 Å². The van der Waals surface area contributed by atoms with E-state index in [9.17, 15) is 0 Å². The molecule has 1 aliphatic carbocycles. The predicted octanol–water partition coefficient (Wildman–Crippen LogP) is 1.91. The van der Waals surface area contributed by atoms with Crippen LogP contribution in [0.1, 0.15) is 49.4 Å². The summed E-state index contributed by atoms with van der Waals surface area (Å²) in [5.74, 6) is 0.108. The standard InChI is InChI=1S/C12H22N2/c1-2-8-13(7-1)12(11-5-6-11)14-9-3-4-10-14/h11-12H,1-10H2/i1D,2D,3D,4D,7D,8D,9D,10D. The summed E-state index contributed by atoms with van der Waals surface area (Å²) in [4.78, 5) is 2.95. The van der Waals surface area contributed by atoms with Gasteiger partial charge >= 0.3 is 0 Å². The lowest BCUT2D eigenvalue weighted by molar-refractivity contribution is 0.0612. The molecule has 2 heterocycles. The average molecular weight is 202 g/mol. The first-order chi connectivity index (χ1) is 10.3. The van der Waals surface area contributed by atoms with Crippen molar-refractivity contribution in [3.05, 3.63) is 0 Å². The summed E-state index contributed by atoms with van der Waals surface area (Å²) in [6.45, 7) is -4.10. The second-order valence-corrected chi connectivity index (χ2v) is 4.01. The summed E-state index contributed by atoms with van der Waals surface area (Å²) >= 11 is 0. The van der Waals surface area contributed by atoms with Gasteiger partial charge in [0.1, 0.15) is 0 Å². The van der Waals surface area contributed by atoms with E-state index in [0.29, 0.717) is 0 Å². The van der Waals surface area contributed by atoms with Crippen molar-refractivity contribution in [1.29, 1.82) is 0 Å². The third-order valence-corrected chi connectivity index (χ3v) is 2.91. The molecule has 0 N–H and O–H groups in total. The molecule has 2 heteroatoms. The molecule has 3 fully saturated rings. The minimum Gasteiger partial charge on any atom is -0.288 e. The molecule has 2 saturated heterocycles. The lowest BCUT2D eigenvalue weighted by Gasteiger charge is -2.35. The van der Waals surface area contributed by atoms with Crippen LogP contribution in [0.3, 0.4) is 0 Å². The zero-order chi connectivity index (χ0) is 16.3. The van der Waals surface area contributed by atoms with Gasteiger partial charge in [0.2, 0.25) is 0 Å². The van der Waals surface area contributed by atoms with Crippen LogP contribution >= 0.6 is 0 Å². The molecule has 8 unspecified atom stereocenters. The fourth-order valence-corrected chi connectivity index (χ4v) is 2.08. The molecule has 0 bridgehead atoms. The van der Waals surface area contributed by atoms with E-state index >= 15 is 0 Å². The molecule has 3 rings (SSSR count). The third kappa shape index (κ3) is 1.70. The molecule has 0 radical (unpaired) electrons. The molecule has 0 aromatic carbocycles. The second-order valence-electron chi connectivity index (χ2n) is 4.01. The van der Waals surface area contributed by atoms with Crippen molar-refractivity contribution in [2.75, 3.05) is 26.1 Å². The Hall–Kier alpha value is -0.0800. The molecule has 0 amide bonds. The Kier molecular flexibility index (Phi) is 1.11. The van der Waals surface area contributed by atoms with Crippen LogP contribution in [0.4, 0.5) is 0 Å². The van der Waals surface area contributed by atoms with Gasteiger partial charge in [0.15, 0.2) is 0 Å². The normalized spacial score (nSPS) is 82.9. The number of likely N-dealkylation sites (tertiary alicyclic amines) is 2. The van der Waals surface area contributed by atoms with Crippen LogP contribution in [0.15, 0.2) is 0 Å². The Morgan fingerprint density at radius 3 is 1.64 bits per heavy atom. The first-order valence-corrected chi connectivity index (χ1v) is 5.20. The number of hydrogen-bond acceptors (Lipinski definition) is 2. The number of hydrogen-bond donors (Lipinski definition) is 0. The van der Waals surface area contributed by atoms with Crippen LogP contribution in [0, 0.1) is 5.92 Å². The van der Waals surface area contributed by atoms with Crippen molar-refractivity contribution < 1.29 is 11.0 Å². The average Bonchev–Trinajstić information content (AvgIpc) is 3.28. The van der Waals surface area contributed by atoms with Gasteiger partial charge < -0.3 is 0 Å². The molecule has 3 aliphatic rings. The highest BCUT2D eigenvalue weighted by Gasteiger charge is 2.40. The van der Waals surface area contributed by atoms with Crippen LogP contribution in [-0.4, -0.2) is 42.0 Å². The van der Waals surface area contributed by atoms with E-state index in [4.69, 9.17) is 11.0 Å². The molecule has 2 aliphatic heterocycles. The van der Waals surface area contributed by atoms with Gasteiger partial charge in [-0.15, -0.1) is 0 Å². The second kappa shape index (κ2) is 3.82. The van der Waals surface area contributed by atoms with Crippen molar-refractivity contribution >= 4 is 0 Å². The summed E-state index contributed by atoms with van der Waals surface area (Å²) in [7, 11) is 0. The van der Waals surface area contributed by atoms with Crippen molar-refractivity contribution in [1.82, 2.24) is 9.80 Å². The summed E-state index contributed by atoms with van der Waals surface area (Å²) in [6, 6.07) is 0. The molecule has 2 nitrogen and oxygen atoms in total. The van der Waals surface area contributed by atoms with Crippen LogP contribution in [0.2, 0.25) is 0 Å². The molecule has 14 heavy (non-hydrogen) atoms. The van der Waals surface area contributed by atoms with Crippen LogP contribution in [0.5, 0.6) is 0 Å². The zero-order valence-corrected chi connectivity index (χ0v) is 8.08. The molecule has 8 atom stereocenters. The van der Waals surface area contributed by atoms with E-state index in [2.05, 4.69) is 0 Å². The lowest BCUT2D eigenvalue weighted by atomic mass is 10.2. The quantitative estimate of drug-likeness (QED) is 0.690. The van der Waals surface area contributed by atoms with Gasteiger partial charge in [-0.25, -0.2) is 0 Å². The van der Waals surface area contributed by atoms with Crippen molar-refractivity contribution in [3.63, 3.8) is 0 Å². The van der Waals surface area contributed by atoms with E-state index < -0.39 is 57.8 Å². The molecule has 0 spiro atoms. The van der Waals surface area contributed by atoms with Crippen molar-refractivity contribution in [3.8, 4) is 0 Å². The lowest BCUT2D eigenvalue weighted by Crippen LogP contribution is -2.47. The minimum atomic E-state index is -1.02. The Labute approximate surface area is 98.5 Å². The molecule has 1 saturated carbocycles. The van der Waals surface area contributed by atoms with Gasteiger partial charge in [-0.3, -0.25) is 9.80 Å². The molecular formula is C12H22N2. The van der Waals surface area contributed by atoms with Crippen LogP contribution < -0.4 is 0 Å². The Morgan fingerprint density at radius 1 is 0.857 bits per heavy atom. The van der Waals surface area contributed by atoms with Gasteiger partial charge in [-0.2, -0.15) is 0 Å². The van der Waals surface area contributed by atoms with E-state index in [1.54, 1.807) is 0 Å². The molecule has 0 aromatic heterocycles. The van der Waals surface area contributed by atoms with Gasteiger partial charge in [-0.05, 0) is 70.4 Å². The monoisotopic (exact) mass is 202 g/mol. The predicted molar refractivity (Wildman–Crippen MR) is 58.1 cm³/mol. The number of nitrogens with zero attached hydrogens (tertiary/aromatic N) is 2. The summed E-state index contributed by atoms with van der Waals surface area (Å²) in [6.07, 6.45) is -2.81. The largest absolute Gasteiger partial charge is 0.288 e. The number of rotatable bonds is 3. The van der Waals surface area contributed by atoms with Crippen LogP contribution in [0.25, 0.3) is 0 Å². The van der Waals surface area contributed by atoms with Gasteiger partial charge in [0.05, 0.1) is 6.17 Å². The van der Waals surface area contributed by atoms with Gasteiger partial charge in [0, 0.05) is 11.0 Å². The van der Waals surface area contributed by atoms with Gasteiger partial charge in [0.25, 0.3) is 0 Å². The smallest absolute Gasteiger partial charge is 0.0651 e. The first kappa shape index (κ1) is 4.06. The van der Waals surface area contributed by atoms with Gasteiger partial charge in [-0.1, -0.05) is 0 Å². The zero-order valence-electron chi connectivity index (χ0n) is 16.1. The molecular weight excluding hydrogens is 172 g/mol. The van der Waals surface area contributed by atoms with E-state index in [0.717, 1.165) is 12.8 Å². The third-order valence-electron chi connectivity index (χ3n) is 2.91. The van der Waals surface area contributed by atoms with Crippen molar-refractivity contribution in [2.24, 2.45) is 5.92 Å². The molecule has 0 aromatic rings. The summed E-state index contributed by atoms with van der Waals surface area (Å²) in [5, 5.41) is 0. The SMILES string of the molecule is [2H]C1C([2H])C([2H])N(C(C2CC2)N2C([2H])C([2H])C([2H])C2[2H])C1[2H].